The van der Waals surface area contributed by atoms with Gasteiger partial charge < -0.3 is 14.4 Å². The third kappa shape index (κ3) is 4.40. The van der Waals surface area contributed by atoms with Crippen LogP contribution in [0.15, 0.2) is 63.8 Å². The topological polar surface area (TPSA) is 54.9 Å². The van der Waals surface area contributed by atoms with E-state index in [9.17, 15) is 23.1 Å². The number of halogens is 3. The van der Waals surface area contributed by atoms with E-state index in [2.05, 4.69) is 0 Å². The first kappa shape index (κ1) is 23.8. The van der Waals surface area contributed by atoms with Crippen LogP contribution in [0.2, 0.25) is 0 Å². The number of quaternary nitrogens is 1. The Morgan fingerprint density at radius 2 is 1.59 bits per heavy atom. The molecule has 4 rings (SSSR count). The molecule has 0 aliphatic heterocycles. The number of hydrogen-bond acceptors (Lipinski definition) is 3. The lowest BCUT2D eigenvalue weighted by Gasteiger charge is -2.20. The van der Waals surface area contributed by atoms with Crippen molar-refractivity contribution >= 4 is 21.7 Å². The number of benzene rings is 3. The lowest BCUT2D eigenvalue weighted by Crippen LogP contribution is -3.10. The molecular weight excluding hydrogens is 443 g/mol. The molecule has 0 amide bonds. The van der Waals surface area contributed by atoms with Crippen molar-refractivity contribution in [2.75, 3.05) is 13.1 Å². The average Bonchev–Trinajstić information content (AvgIpc) is 2.80. The Bertz CT molecular complexity index is 1380. The summed E-state index contributed by atoms with van der Waals surface area (Å²) in [5.41, 5.74) is -1.09. The quantitative estimate of drug-likeness (QED) is 0.373. The number of fused-ring (bicyclic) bond motifs is 2. The zero-order chi connectivity index (χ0) is 24.5. The smallest absolute Gasteiger partial charge is 0.450 e. The van der Waals surface area contributed by atoms with E-state index < -0.39 is 22.9 Å². The average molecular weight is 471 g/mol. The molecule has 2 N–H and O–H groups in total. The van der Waals surface area contributed by atoms with Crippen LogP contribution < -0.4 is 10.3 Å². The van der Waals surface area contributed by atoms with E-state index >= 15 is 0 Å². The molecule has 0 saturated carbocycles. The lowest BCUT2D eigenvalue weighted by atomic mass is 9.95. The number of alkyl halides is 3. The lowest BCUT2D eigenvalue weighted by molar-refractivity contribution is -0.913. The van der Waals surface area contributed by atoms with Crippen molar-refractivity contribution in [1.29, 1.82) is 0 Å². The zero-order valence-electron chi connectivity index (χ0n) is 19.1. The van der Waals surface area contributed by atoms with E-state index in [-0.39, 0.29) is 34.4 Å². The number of phenolic OH excluding ortho intramolecular Hbond substituents is 1. The molecule has 3 aromatic carbocycles. The van der Waals surface area contributed by atoms with Crippen LogP contribution in [0.1, 0.15) is 38.0 Å². The van der Waals surface area contributed by atoms with Crippen molar-refractivity contribution in [3.63, 3.8) is 0 Å². The molecule has 0 unspecified atom stereocenters. The monoisotopic (exact) mass is 470 g/mol. The van der Waals surface area contributed by atoms with Crippen LogP contribution in [0.3, 0.4) is 0 Å². The summed E-state index contributed by atoms with van der Waals surface area (Å²) in [6.07, 6.45) is -3.14. The Balaban J connectivity index is 2.04. The maximum atomic E-state index is 14.3. The summed E-state index contributed by atoms with van der Waals surface area (Å²) in [4.78, 5) is 14.7. The Labute approximate surface area is 195 Å². The first-order chi connectivity index (χ1) is 16.3. The third-order valence-corrected chi connectivity index (χ3v) is 6.09. The molecule has 0 radical (unpaired) electrons. The molecule has 4 aromatic rings. The number of phenols is 1. The number of rotatable bonds is 7. The van der Waals surface area contributed by atoms with E-state index in [1.165, 1.54) is 18.2 Å². The van der Waals surface area contributed by atoms with Gasteiger partial charge in [0, 0.05) is 0 Å². The van der Waals surface area contributed by atoms with Gasteiger partial charge in [0.05, 0.1) is 29.6 Å². The van der Waals surface area contributed by atoms with Crippen LogP contribution in [-0.2, 0) is 12.7 Å². The summed E-state index contributed by atoms with van der Waals surface area (Å²) < 4.78 is 48.3. The molecule has 0 spiro atoms. The molecule has 178 valence electrons. The van der Waals surface area contributed by atoms with Crippen molar-refractivity contribution in [1.82, 2.24) is 0 Å². The molecule has 0 aliphatic carbocycles. The molecule has 34 heavy (non-hydrogen) atoms. The van der Waals surface area contributed by atoms with Crippen molar-refractivity contribution in [2.45, 2.75) is 39.4 Å². The largest absolute Gasteiger partial charge is 0.507 e. The minimum atomic E-state index is -4.90. The standard InChI is InChI=1S/C27H26F3NO3/c1-3-14-31(15-4-2)16-21-22(32)13-12-20-24(33)23(26(27(28,29)30)34-25(20)21)19-11-7-9-17-8-5-6-10-18(17)19/h5-13,32H,3-4,14-16H2,1-2H3/p+1. The highest BCUT2D eigenvalue weighted by Gasteiger charge is 2.40. The van der Waals surface area contributed by atoms with Gasteiger partial charge in [0.1, 0.15) is 12.3 Å². The van der Waals surface area contributed by atoms with E-state index in [0.717, 1.165) is 36.2 Å². The molecule has 0 atom stereocenters. The fourth-order valence-electron chi connectivity index (χ4n) is 4.62. The second kappa shape index (κ2) is 9.50. The summed E-state index contributed by atoms with van der Waals surface area (Å²) in [5, 5.41) is 11.8. The van der Waals surface area contributed by atoms with Crippen molar-refractivity contribution < 1.29 is 27.6 Å². The van der Waals surface area contributed by atoms with Gasteiger partial charge in [0.2, 0.25) is 11.2 Å². The highest BCUT2D eigenvalue weighted by Crippen LogP contribution is 2.40. The van der Waals surface area contributed by atoms with Gasteiger partial charge in [-0.1, -0.05) is 56.3 Å². The maximum absolute atomic E-state index is 14.3. The first-order valence-corrected chi connectivity index (χ1v) is 11.5. The fraction of sp³-hybridized carbons (Fsp3) is 0.296. The Hall–Kier alpha value is -3.32. The highest BCUT2D eigenvalue weighted by atomic mass is 19.4. The molecule has 0 bridgehead atoms. The van der Waals surface area contributed by atoms with Gasteiger partial charge in [0.15, 0.2) is 5.58 Å². The van der Waals surface area contributed by atoms with Crippen LogP contribution >= 0.6 is 0 Å². The molecule has 1 aromatic heterocycles. The van der Waals surface area contributed by atoms with Gasteiger partial charge >= 0.3 is 6.18 Å². The first-order valence-electron chi connectivity index (χ1n) is 11.5. The van der Waals surface area contributed by atoms with E-state index in [0.29, 0.717) is 5.39 Å². The summed E-state index contributed by atoms with van der Waals surface area (Å²) in [7, 11) is 0. The van der Waals surface area contributed by atoms with Crippen LogP contribution in [-0.4, -0.2) is 18.2 Å². The summed E-state index contributed by atoms with van der Waals surface area (Å²) in [5.74, 6) is -1.52. The van der Waals surface area contributed by atoms with Gasteiger partial charge in [-0.05, 0) is 41.3 Å². The Morgan fingerprint density at radius 1 is 0.912 bits per heavy atom. The molecule has 0 saturated heterocycles. The maximum Gasteiger partial charge on any atom is 0.450 e. The van der Waals surface area contributed by atoms with Crippen molar-refractivity contribution in [3.8, 4) is 16.9 Å². The minimum Gasteiger partial charge on any atom is -0.507 e. The van der Waals surface area contributed by atoms with Crippen LogP contribution in [0.5, 0.6) is 5.75 Å². The number of nitrogens with one attached hydrogen (secondary N) is 1. The third-order valence-electron chi connectivity index (χ3n) is 6.09. The van der Waals surface area contributed by atoms with Gasteiger partial charge in [0.25, 0.3) is 0 Å². The second-order valence-electron chi connectivity index (χ2n) is 8.53. The van der Waals surface area contributed by atoms with Gasteiger partial charge in [-0.25, -0.2) is 0 Å². The summed E-state index contributed by atoms with van der Waals surface area (Å²) in [6.45, 7) is 5.88. The molecular formula is C27H27F3NO3+. The van der Waals surface area contributed by atoms with Crippen molar-refractivity contribution in [3.05, 3.63) is 76.1 Å². The second-order valence-corrected chi connectivity index (χ2v) is 8.53. The molecule has 0 aliphatic rings. The minimum absolute atomic E-state index is 0.0241. The zero-order valence-corrected chi connectivity index (χ0v) is 19.1. The van der Waals surface area contributed by atoms with Crippen molar-refractivity contribution in [2.24, 2.45) is 0 Å². The number of aromatic hydroxyl groups is 1. The van der Waals surface area contributed by atoms with Gasteiger partial charge in [-0.3, -0.25) is 4.79 Å². The van der Waals surface area contributed by atoms with Crippen LogP contribution in [0.4, 0.5) is 13.2 Å². The normalized spacial score (nSPS) is 12.2. The predicted molar refractivity (Wildman–Crippen MR) is 127 cm³/mol. The molecule has 1 heterocycles. The van der Waals surface area contributed by atoms with Gasteiger partial charge in [-0.15, -0.1) is 0 Å². The molecule has 4 nitrogen and oxygen atoms in total. The molecule has 7 heteroatoms. The highest BCUT2D eigenvalue weighted by molar-refractivity contribution is 5.99. The van der Waals surface area contributed by atoms with Crippen LogP contribution in [0.25, 0.3) is 32.9 Å². The fourth-order valence-corrected chi connectivity index (χ4v) is 4.62. The number of hydrogen-bond donors (Lipinski definition) is 2. The van der Waals surface area contributed by atoms with E-state index in [1.807, 2.05) is 13.8 Å². The predicted octanol–water partition coefficient (Wildman–Crippen LogP) is 5.54. The Morgan fingerprint density at radius 3 is 2.26 bits per heavy atom. The van der Waals surface area contributed by atoms with E-state index in [1.54, 1.807) is 36.4 Å². The van der Waals surface area contributed by atoms with Gasteiger partial charge in [-0.2, -0.15) is 13.2 Å². The Kier molecular flexibility index (Phi) is 6.66. The molecule has 0 fully saturated rings. The SMILES string of the molecule is CCC[NH+](CCC)Cc1c(O)ccc2c(=O)c(-c3cccc4ccccc34)c(C(F)(F)F)oc12. The van der Waals surface area contributed by atoms with E-state index in [4.69, 9.17) is 4.42 Å². The van der Waals surface area contributed by atoms with Crippen LogP contribution in [0, 0.1) is 0 Å². The summed E-state index contributed by atoms with van der Waals surface area (Å²) >= 11 is 0. The summed E-state index contributed by atoms with van der Waals surface area (Å²) in [6, 6.07) is 14.6.